The van der Waals surface area contributed by atoms with Gasteiger partial charge in [0.1, 0.15) is 0 Å². The molecule has 0 spiro atoms. The normalized spacial score (nSPS) is 12.4. The van der Waals surface area contributed by atoms with Crippen molar-refractivity contribution in [2.75, 3.05) is 10.5 Å². The van der Waals surface area contributed by atoms with Crippen molar-refractivity contribution < 1.29 is 21.6 Å². The van der Waals surface area contributed by atoms with Crippen LogP contribution in [0, 0.1) is 0 Å². The van der Waals surface area contributed by atoms with E-state index in [1.807, 2.05) is 0 Å². The van der Waals surface area contributed by atoms with Crippen LogP contribution in [0.1, 0.15) is 5.56 Å². The average Bonchev–Trinajstić information content (AvgIpc) is 2.77. The van der Waals surface area contributed by atoms with E-state index in [0.717, 1.165) is 23.5 Å². The lowest BCUT2D eigenvalue weighted by Crippen LogP contribution is -2.14. The number of nitrogens with one attached hydrogen (secondary N) is 1. The first-order valence-electron chi connectivity index (χ1n) is 5.34. The minimum atomic E-state index is -4.54. The highest BCUT2D eigenvalue weighted by atomic mass is 79.9. The highest BCUT2D eigenvalue weighted by molar-refractivity contribution is 9.10. The van der Waals surface area contributed by atoms with Crippen LogP contribution in [0.2, 0.25) is 0 Å². The first-order chi connectivity index (χ1) is 9.61. The van der Waals surface area contributed by atoms with Gasteiger partial charge in [0, 0.05) is 4.47 Å². The van der Waals surface area contributed by atoms with E-state index in [2.05, 4.69) is 20.7 Å². The van der Waals surface area contributed by atoms with Crippen LogP contribution in [0.5, 0.6) is 0 Å². The maximum absolute atomic E-state index is 12.5. The third kappa shape index (κ3) is 3.50. The average molecular weight is 401 g/mol. The molecule has 1 aromatic carbocycles. The Kier molecular flexibility index (Phi) is 4.22. The lowest BCUT2D eigenvalue weighted by Gasteiger charge is -2.12. The summed E-state index contributed by atoms with van der Waals surface area (Å²) < 4.78 is 64.3. The molecule has 4 nitrogen and oxygen atoms in total. The van der Waals surface area contributed by atoms with Crippen molar-refractivity contribution in [2.45, 2.75) is 10.4 Å². The molecular formula is C11H8BrF3N2O2S2. The van der Waals surface area contributed by atoms with Crippen LogP contribution in [0.15, 0.2) is 38.3 Å². The van der Waals surface area contributed by atoms with Gasteiger partial charge in [-0.3, -0.25) is 4.72 Å². The smallest absolute Gasteiger partial charge is 0.397 e. The Morgan fingerprint density at radius 2 is 1.90 bits per heavy atom. The molecule has 0 aliphatic heterocycles. The molecule has 114 valence electrons. The van der Waals surface area contributed by atoms with Crippen LogP contribution >= 0.6 is 27.3 Å². The highest BCUT2D eigenvalue weighted by Crippen LogP contribution is 2.34. The maximum Gasteiger partial charge on any atom is 0.416 e. The fourth-order valence-corrected chi connectivity index (χ4v) is 4.92. The molecule has 2 aromatic rings. The van der Waals surface area contributed by atoms with E-state index in [-0.39, 0.29) is 15.6 Å². The summed E-state index contributed by atoms with van der Waals surface area (Å²) in [7, 11) is -3.91. The van der Waals surface area contributed by atoms with Crippen LogP contribution in [0.3, 0.4) is 0 Å². The Morgan fingerprint density at radius 1 is 1.24 bits per heavy atom. The van der Waals surface area contributed by atoms with E-state index in [4.69, 9.17) is 5.73 Å². The molecule has 3 N–H and O–H groups in total. The summed E-state index contributed by atoms with van der Waals surface area (Å²) in [5, 5.41) is 1.56. The van der Waals surface area contributed by atoms with E-state index >= 15 is 0 Å². The molecule has 1 heterocycles. The molecule has 21 heavy (non-hydrogen) atoms. The Labute approximate surface area is 131 Å². The molecule has 1 aromatic heterocycles. The first-order valence-corrected chi connectivity index (χ1v) is 8.49. The van der Waals surface area contributed by atoms with Crippen molar-refractivity contribution in [3.63, 3.8) is 0 Å². The summed E-state index contributed by atoms with van der Waals surface area (Å²) in [5.41, 5.74) is 4.12. The number of hydrogen-bond acceptors (Lipinski definition) is 4. The molecule has 0 atom stereocenters. The van der Waals surface area contributed by atoms with Gasteiger partial charge in [-0.25, -0.2) is 8.42 Å². The summed E-state index contributed by atoms with van der Waals surface area (Å²) in [6.07, 6.45) is -4.54. The number of rotatable bonds is 3. The Morgan fingerprint density at radius 3 is 2.38 bits per heavy atom. The van der Waals surface area contributed by atoms with E-state index < -0.39 is 21.8 Å². The van der Waals surface area contributed by atoms with Crippen molar-refractivity contribution in [3.05, 3.63) is 39.7 Å². The summed E-state index contributed by atoms with van der Waals surface area (Å²) >= 11 is 4.05. The monoisotopic (exact) mass is 400 g/mol. The SMILES string of the molecule is Nc1cc(C(F)(F)F)ccc1NS(=O)(=O)c1sccc1Br. The zero-order valence-electron chi connectivity index (χ0n) is 10.1. The summed E-state index contributed by atoms with van der Waals surface area (Å²) in [6.45, 7) is 0. The lowest BCUT2D eigenvalue weighted by atomic mass is 10.2. The fraction of sp³-hybridized carbons (Fsp3) is 0.0909. The largest absolute Gasteiger partial charge is 0.416 e. The molecule has 10 heteroatoms. The predicted molar refractivity (Wildman–Crippen MR) is 78.7 cm³/mol. The zero-order chi connectivity index (χ0) is 15.8. The van der Waals surface area contributed by atoms with Gasteiger partial charge in [0.05, 0.1) is 16.9 Å². The molecule has 0 unspecified atom stereocenters. The Hall–Kier alpha value is -1.26. The van der Waals surface area contributed by atoms with E-state index in [1.165, 1.54) is 0 Å². The minimum Gasteiger partial charge on any atom is -0.397 e. The molecule has 0 bridgehead atoms. The fourth-order valence-electron chi connectivity index (χ4n) is 1.49. The van der Waals surface area contributed by atoms with Crippen molar-refractivity contribution in [1.82, 2.24) is 0 Å². The van der Waals surface area contributed by atoms with Crippen LogP contribution in [0.4, 0.5) is 24.5 Å². The Bertz CT molecular complexity index is 772. The van der Waals surface area contributed by atoms with Crippen LogP contribution in [-0.4, -0.2) is 8.42 Å². The number of halogens is 4. The quantitative estimate of drug-likeness (QED) is 0.767. The van der Waals surface area contributed by atoms with Crippen molar-refractivity contribution in [2.24, 2.45) is 0 Å². The predicted octanol–water partition coefficient (Wildman–Crippen LogP) is 3.91. The van der Waals surface area contributed by atoms with Crippen LogP contribution < -0.4 is 10.5 Å². The lowest BCUT2D eigenvalue weighted by molar-refractivity contribution is -0.137. The van der Waals surface area contributed by atoms with Crippen LogP contribution in [-0.2, 0) is 16.2 Å². The topological polar surface area (TPSA) is 72.2 Å². The number of hydrogen-bond donors (Lipinski definition) is 2. The third-order valence-electron chi connectivity index (χ3n) is 2.45. The number of anilines is 2. The second-order valence-electron chi connectivity index (χ2n) is 3.96. The Balaban J connectivity index is 2.35. The number of sulfonamides is 1. The van der Waals surface area contributed by atoms with Gasteiger partial charge in [-0.05, 0) is 45.6 Å². The first kappa shape index (κ1) is 16.1. The van der Waals surface area contributed by atoms with E-state index in [1.54, 1.807) is 11.4 Å². The minimum absolute atomic E-state index is 0.0156. The van der Waals surface area contributed by atoms with Crippen molar-refractivity contribution in [3.8, 4) is 0 Å². The van der Waals surface area contributed by atoms with Gasteiger partial charge in [0.2, 0.25) is 0 Å². The van der Waals surface area contributed by atoms with Gasteiger partial charge >= 0.3 is 6.18 Å². The molecule has 0 aliphatic rings. The van der Waals surface area contributed by atoms with Gasteiger partial charge < -0.3 is 5.73 Å². The maximum atomic E-state index is 12.5. The van der Waals surface area contributed by atoms with Gasteiger partial charge in [0.25, 0.3) is 10.0 Å². The standard InChI is InChI=1S/C11H8BrF3N2O2S2/c12-7-3-4-20-10(7)21(18,19)17-9-2-1-6(5-8(9)16)11(13,14)15/h1-5,17H,16H2. The van der Waals surface area contributed by atoms with E-state index in [9.17, 15) is 21.6 Å². The summed E-state index contributed by atoms with van der Waals surface area (Å²) in [5.74, 6) is 0. The van der Waals surface area contributed by atoms with Gasteiger partial charge in [-0.15, -0.1) is 11.3 Å². The molecule has 0 fully saturated rings. The molecule has 0 aliphatic carbocycles. The summed E-state index contributed by atoms with van der Waals surface area (Å²) in [4.78, 5) is 0. The molecular weight excluding hydrogens is 393 g/mol. The number of thiophene rings is 1. The highest BCUT2D eigenvalue weighted by Gasteiger charge is 2.31. The van der Waals surface area contributed by atoms with Gasteiger partial charge in [-0.2, -0.15) is 13.2 Å². The molecule has 0 saturated heterocycles. The van der Waals surface area contributed by atoms with Crippen molar-refractivity contribution in [1.29, 1.82) is 0 Å². The number of benzene rings is 1. The number of nitrogens with two attached hydrogens (primary N) is 1. The van der Waals surface area contributed by atoms with Gasteiger partial charge in [-0.1, -0.05) is 0 Å². The third-order valence-corrected chi connectivity index (χ3v) is 6.49. The zero-order valence-corrected chi connectivity index (χ0v) is 13.3. The van der Waals surface area contributed by atoms with Crippen molar-refractivity contribution >= 4 is 48.7 Å². The van der Waals surface area contributed by atoms with Gasteiger partial charge in [0.15, 0.2) is 4.21 Å². The molecule has 0 saturated carbocycles. The molecule has 0 amide bonds. The molecule has 2 rings (SSSR count). The second kappa shape index (κ2) is 5.50. The number of alkyl halides is 3. The van der Waals surface area contributed by atoms with Crippen LogP contribution in [0.25, 0.3) is 0 Å². The molecule has 0 radical (unpaired) electrons. The summed E-state index contributed by atoms with van der Waals surface area (Å²) in [6, 6.07) is 3.98. The number of nitrogen functional groups attached to an aromatic ring is 1. The second-order valence-corrected chi connectivity index (χ2v) is 7.61. The van der Waals surface area contributed by atoms with E-state index in [0.29, 0.717) is 10.5 Å².